The van der Waals surface area contributed by atoms with E-state index in [9.17, 15) is 32.3 Å². The van der Waals surface area contributed by atoms with Crippen molar-refractivity contribution in [2.75, 3.05) is 19.4 Å². The Labute approximate surface area is 186 Å². The van der Waals surface area contributed by atoms with Crippen LogP contribution in [0, 0.1) is 19.8 Å². The van der Waals surface area contributed by atoms with Gasteiger partial charge in [0.15, 0.2) is 5.92 Å². The van der Waals surface area contributed by atoms with Gasteiger partial charge in [0.25, 0.3) is 11.8 Å². The maximum Gasteiger partial charge on any atom is 0.416 e. The summed E-state index contributed by atoms with van der Waals surface area (Å²) in [4.78, 5) is 50.6. The summed E-state index contributed by atoms with van der Waals surface area (Å²) in [7, 11) is 2.35. The Hall–Kier alpha value is -3.89. The SMILES string of the molecule is Cc1c(NC(=O)C2C(=O)N(C)C(=O)N(C)C2=O)ccc(Oc2ccc(C(F)(F)F)cc2)c1C. The molecule has 0 saturated carbocycles. The second-order valence-electron chi connectivity index (χ2n) is 7.48. The van der Waals surface area contributed by atoms with Crippen molar-refractivity contribution in [3.63, 3.8) is 0 Å². The lowest BCUT2D eigenvalue weighted by molar-refractivity contribution is -0.151. The lowest BCUT2D eigenvalue weighted by Crippen LogP contribution is -2.59. The highest BCUT2D eigenvalue weighted by Crippen LogP contribution is 2.34. The Kier molecular flexibility index (Phi) is 6.17. The molecular formula is C22H20F3N3O5. The fraction of sp³-hybridized carbons (Fsp3) is 0.273. The number of imide groups is 2. The Morgan fingerprint density at radius 3 is 1.97 bits per heavy atom. The molecule has 0 bridgehead atoms. The molecule has 1 aliphatic heterocycles. The maximum atomic E-state index is 12.7. The van der Waals surface area contributed by atoms with E-state index in [-0.39, 0.29) is 5.75 Å². The monoisotopic (exact) mass is 463 g/mol. The highest BCUT2D eigenvalue weighted by molar-refractivity contribution is 6.27. The zero-order chi connectivity index (χ0) is 24.7. The third kappa shape index (κ3) is 4.52. The van der Waals surface area contributed by atoms with E-state index < -0.39 is 41.4 Å². The number of rotatable bonds is 4. The predicted molar refractivity (Wildman–Crippen MR) is 110 cm³/mol. The third-order valence-corrected chi connectivity index (χ3v) is 5.40. The summed E-state index contributed by atoms with van der Waals surface area (Å²) in [5, 5.41) is 2.53. The zero-order valence-electron chi connectivity index (χ0n) is 18.1. The van der Waals surface area contributed by atoms with E-state index >= 15 is 0 Å². The second kappa shape index (κ2) is 8.57. The number of halogens is 3. The van der Waals surface area contributed by atoms with Crippen LogP contribution >= 0.6 is 0 Å². The molecule has 1 N–H and O–H groups in total. The van der Waals surface area contributed by atoms with E-state index in [0.29, 0.717) is 32.4 Å². The summed E-state index contributed by atoms with van der Waals surface area (Å²) >= 11 is 0. The number of hydrogen-bond donors (Lipinski definition) is 1. The van der Waals surface area contributed by atoms with Crippen molar-refractivity contribution in [2.24, 2.45) is 5.92 Å². The Morgan fingerprint density at radius 1 is 0.909 bits per heavy atom. The average molecular weight is 463 g/mol. The molecule has 1 heterocycles. The first-order chi connectivity index (χ1) is 15.3. The van der Waals surface area contributed by atoms with E-state index in [0.717, 1.165) is 12.1 Å². The van der Waals surface area contributed by atoms with Crippen LogP contribution in [0.5, 0.6) is 11.5 Å². The molecular weight excluding hydrogens is 443 g/mol. The second-order valence-corrected chi connectivity index (χ2v) is 7.48. The molecule has 1 saturated heterocycles. The Balaban J connectivity index is 1.79. The number of benzene rings is 2. The number of barbiturate groups is 1. The molecule has 3 rings (SSSR count). The summed E-state index contributed by atoms with van der Waals surface area (Å²) in [6.45, 7) is 3.35. The number of urea groups is 1. The molecule has 1 fully saturated rings. The number of hydrogen-bond acceptors (Lipinski definition) is 5. The minimum absolute atomic E-state index is 0.191. The molecule has 8 nitrogen and oxygen atoms in total. The van der Waals surface area contributed by atoms with E-state index in [1.54, 1.807) is 13.8 Å². The first kappa shape index (κ1) is 23.8. The fourth-order valence-electron chi connectivity index (χ4n) is 3.22. The standard InChI is InChI=1S/C22H20F3N3O5/c1-11-12(2)16(33-14-7-5-13(6-8-14)22(23,24)25)10-9-15(11)26-18(29)17-19(30)27(3)21(32)28(4)20(17)31/h5-10,17H,1-4H3,(H,26,29). The molecule has 5 amide bonds. The van der Waals surface area contributed by atoms with Crippen molar-refractivity contribution >= 4 is 29.4 Å². The summed E-state index contributed by atoms with van der Waals surface area (Å²) in [5.74, 6) is -3.93. The van der Waals surface area contributed by atoms with Gasteiger partial charge in [0, 0.05) is 19.8 Å². The molecule has 0 aliphatic carbocycles. The third-order valence-electron chi connectivity index (χ3n) is 5.40. The molecule has 0 aromatic heterocycles. The lowest BCUT2D eigenvalue weighted by Gasteiger charge is -2.32. The van der Waals surface area contributed by atoms with Crippen LogP contribution in [0.3, 0.4) is 0 Å². The first-order valence-electron chi connectivity index (χ1n) is 9.68. The van der Waals surface area contributed by atoms with Gasteiger partial charge in [-0.15, -0.1) is 0 Å². The van der Waals surface area contributed by atoms with Crippen molar-refractivity contribution in [1.29, 1.82) is 0 Å². The van der Waals surface area contributed by atoms with Crippen LogP contribution in [0.4, 0.5) is 23.7 Å². The van der Waals surface area contributed by atoms with Gasteiger partial charge in [-0.1, -0.05) is 0 Å². The quantitative estimate of drug-likeness (QED) is 0.698. The van der Waals surface area contributed by atoms with Crippen molar-refractivity contribution < 1.29 is 37.1 Å². The van der Waals surface area contributed by atoms with Gasteiger partial charge >= 0.3 is 12.2 Å². The molecule has 1 aliphatic rings. The minimum atomic E-state index is -4.46. The van der Waals surface area contributed by atoms with Gasteiger partial charge in [-0.2, -0.15) is 13.2 Å². The summed E-state index contributed by atoms with van der Waals surface area (Å²) in [5.41, 5.74) is 0.644. The molecule has 174 valence electrons. The van der Waals surface area contributed by atoms with E-state index in [4.69, 9.17) is 4.74 Å². The van der Waals surface area contributed by atoms with E-state index in [1.807, 2.05) is 0 Å². The molecule has 0 atom stereocenters. The lowest BCUT2D eigenvalue weighted by atomic mass is 10.0. The summed E-state index contributed by atoms with van der Waals surface area (Å²) < 4.78 is 43.8. The van der Waals surface area contributed by atoms with Crippen molar-refractivity contribution in [3.05, 3.63) is 53.1 Å². The van der Waals surface area contributed by atoms with Gasteiger partial charge in [0.2, 0.25) is 5.91 Å². The molecule has 2 aromatic carbocycles. The van der Waals surface area contributed by atoms with Gasteiger partial charge in [-0.3, -0.25) is 24.2 Å². The van der Waals surface area contributed by atoms with Gasteiger partial charge < -0.3 is 10.1 Å². The number of ether oxygens (including phenoxy) is 1. The minimum Gasteiger partial charge on any atom is -0.457 e. The van der Waals surface area contributed by atoms with Crippen LogP contribution in [0.1, 0.15) is 16.7 Å². The highest BCUT2D eigenvalue weighted by Gasteiger charge is 2.46. The Bertz CT molecular complexity index is 1120. The molecule has 0 radical (unpaired) electrons. The number of nitrogens with zero attached hydrogens (tertiary/aromatic N) is 2. The smallest absolute Gasteiger partial charge is 0.416 e. The molecule has 0 unspecified atom stereocenters. The fourth-order valence-corrected chi connectivity index (χ4v) is 3.22. The molecule has 33 heavy (non-hydrogen) atoms. The van der Waals surface area contributed by atoms with Crippen LogP contribution in [0.25, 0.3) is 0 Å². The number of amides is 5. The first-order valence-corrected chi connectivity index (χ1v) is 9.68. The largest absolute Gasteiger partial charge is 0.457 e. The average Bonchev–Trinajstić information content (AvgIpc) is 2.76. The van der Waals surface area contributed by atoms with Crippen molar-refractivity contribution in [1.82, 2.24) is 9.80 Å². The number of nitrogens with one attached hydrogen (secondary N) is 1. The normalized spacial score (nSPS) is 15.2. The van der Waals surface area contributed by atoms with Gasteiger partial charge in [0.1, 0.15) is 11.5 Å². The van der Waals surface area contributed by atoms with E-state index in [1.165, 1.54) is 38.4 Å². The maximum absolute atomic E-state index is 12.7. The number of carbonyl (C=O) groups excluding carboxylic acids is 4. The molecule has 11 heteroatoms. The van der Waals surface area contributed by atoms with Crippen LogP contribution in [-0.2, 0) is 20.6 Å². The summed E-state index contributed by atoms with van der Waals surface area (Å²) in [6.07, 6.45) is -4.46. The zero-order valence-corrected chi connectivity index (χ0v) is 18.1. The van der Waals surface area contributed by atoms with Gasteiger partial charge in [0.05, 0.1) is 5.56 Å². The van der Waals surface area contributed by atoms with Crippen LogP contribution < -0.4 is 10.1 Å². The van der Waals surface area contributed by atoms with Crippen LogP contribution in [0.2, 0.25) is 0 Å². The number of anilines is 1. The molecule has 2 aromatic rings. The van der Waals surface area contributed by atoms with Crippen molar-refractivity contribution in [2.45, 2.75) is 20.0 Å². The van der Waals surface area contributed by atoms with Gasteiger partial charge in [-0.05, 0) is 61.4 Å². The Morgan fingerprint density at radius 2 is 1.45 bits per heavy atom. The van der Waals surface area contributed by atoms with E-state index in [2.05, 4.69) is 5.32 Å². The van der Waals surface area contributed by atoms with Crippen LogP contribution in [-0.4, -0.2) is 47.6 Å². The van der Waals surface area contributed by atoms with Crippen molar-refractivity contribution in [3.8, 4) is 11.5 Å². The van der Waals surface area contributed by atoms with Crippen LogP contribution in [0.15, 0.2) is 36.4 Å². The topological polar surface area (TPSA) is 96.0 Å². The number of alkyl halides is 3. The predicted octanol–water partition coefficient (Wildman–Crippen LogP) is 3.72. The number of carbonyl (C=O) groups is 4. The highest BCUT2D eigenvalue weighted by atomic mass is 19.4. The molecule has 0 spiro atoms. The summed E-state index contributed by atoms with van der Waals surface area (Å²) in [6, 6.07) is 6.36. The van der Waals surface area contributed by atoms with Gasteiger partial charge in [-0.25, -0.2) is 4.79 Å².